The molecule has 0 aromatic carbocycles. The van der Waals surface area contributed by atoms with Gasteiger partial charge in [-0.2, -0.15) is 0 Å². The van der Waals surface area contributed by atoms with Crippen LogP contribution >= 0.6 is 0 Å². The largest absolute Gasteiger partial charge is 0.469 e. The van der Waals surface area contributed by atoms with Crippen LogP contribution in [0.15, 0.2) is 53.5 Å². The summed E-state index contributed by atoms with van der Waals surface area (Å²) < 4.78 is 5.17. The zero-order chi connectivity index (χ0) is 18.5. The molecule has 0 bridgehead atoms. The summed E-state index contributed by atoms with van der Waals surface area (Å²) in [5, 5.41) is 2.50. The Morgan fingerprint density at radius 3 is 2.69 bits per heavy atom. The average Bonchev–Trinajstić information content (AvgIpc) is 3.32. The maximum atomic E-state index is 12.6. The van der Waals surface area contributed by atoms with Gasteiger partial charge in [0.25, 0.3) is 11.8 Å². The molecule has 3 heterocycles. The first-order chi connectivity index (χ1) is 12.6. The van der Waals surface area contributed by atoms with Gasteiger partial charge in [-0.3, -0.25) is 19.4 Å². The molecule has 3 aromatic heterocycles. The van der Waals surface area contributed by atoms with Crippen molar-refractivity contribution in [2.75, 3.05) is 0 Å². The van der Waals surface area contributed by atoms with Gasteiger partial charge in [0.05, 0.1) is 18.3 Å². The number of aromatic nitrogens is 3. The lowest BCUT2D eigenvalue weighted by atomic mass is 10.1. The van der Waals surface area contributed by atoms with E-state index in [1.165, 1.54) is 12.6 Å². The van der Waals surface area contributed by atoms with E-state index in [1.54, 1.807) is 36.5 Å². The number of hydrogen-bond acceptors (Lipinski definition) is 6. The van der Waals surface area contributed by atoms with Gasteiger partial charge >= 0.3 is 0 Å². The van der Waals surface area contributed by atoms with Crippen LogP contribution < -0.4 is 11.1 Å². The van der Waals surface area contributed by atoms with Gasteiger partial charge < -0.3 is 20.5 Å². The lowest BCUT2D eigenvalue weighted by Crippen LogP contribution is -2.47. The number of Topliss-reactive ketones (excluding diaryl/α,β-unsaturated/α-hetero) is 1. The number of H-pyrrole nitrogens is 1. The van der Waals surface area contributed by atoms with E-state index in [0.717, 1.165) is 0 Å². The summed E-state index contributed by atoms with van der Waals surface area (Å²) in [5.74, 6) is -2.25. The van der Waals surface area contributed by atoms with Crippen molar-refractivity contribution in [3.05, 3.63) is 60.6 Å². The van der Waals surface area contributed by atoms with E-state index in [-0.39, 0.29) is 12.1 Å². The summed E-state index contributed by atoms with van der Waals surface area (Å²) in [6.45, 7) is 0. The number of aromatic amines is 1. The molecule has 0 fully saturated rings. The third kappa shape index (κ3) is 3.66. The van der Waals surface area contributed by atoms with E-state index < -0.39 is 23.6 Å². The second kappa shape index (κ2) is 7.43. The number of amides is 2. The maximum Gasteiger partial charge on any atom is 0.287 e. The smallest absolute Gasteiger partial charge is 0.287 e. The average molecular weight is 353 g/mol. The van der Waals surface area contributed by atoms with Crippen molar-refractivity contribution in [3.8, 4) is 11.4 Å². The predicted octanol–water partition coefficient (Wildman–Crippen LogP) is 0.460. The Bertz CT molecular complexity index is 918. The number of nitrogens with two attached hydrogens (primary N) is 1. The van der Waals surface area contributed by atoms with E-state index in [0.29, 0.717) is 17.1 Å². The molecule has 9 nitrogen and oxygen atoms in total. The Balaban J connectivity index is 1.83. The lowest BCUT2D eigenvalue weighted by molar-refractivity contribution is -0.137. The zero-order valence-corrected chi connectivity index (χ0v) is 13.5. The fourth-order valence-corrected chi connectivity index (χ4v) is 2.41. The Hall–Kier alpha value is -3.75. The van der Waals surface area contributed by atoms with Crippen LogP contribution in [-0.4, -0.2) is 38.6 Å². The molecular weight excluding hydrogens is 338 g/mol. The van der Waals surface area contributed by atoms with Crippen molar-refractivity contribution in [1.82, 2.24) is 20.3 Å². The molecule has 4 N–H and O–H groups in total. The van der Waals surface area contributed by atoms with Crippen LogP contribution in [0.3, 0.4) is 0 Å². The quantitative estimate of drug-likeness (QED) is 0.526. The summed E-state index contributed by atoms with van der Waals surface area (Å²) in [7, 11) is 0. The SMILES string of the molecule is NC(=O)C(=O)C(Cc1ccco1)NC(=O)c1[nH]cnc1-c1ccccn1. The van der Waals surface area contributed by atoms with Gasteiger partial charge in [-0.25, -0.2) is 4.98 Å². The molecular formula is C17H15N5O4. The highest BCUT2D eigenvalue weighted by atomic mass is 16.3. The number of imidazole rings is 1. The molecule has 132 valence electrons. The molecule has 0 spiro atoms. The number of pyridine rings is 1. The molecule has 0 aliphatic heterocycles. The van der Waals surface area contributed by atoms with Crippen molar-refractivity contribution in [2.24, 2.45) is 5.73 Å². The maximum absolute atomic E-state index is 12.6. The highest BCUT2D eigenvalue weighted by molar-refractivity contribution is 6.38. The molecule has 2 amide bonds. The van der Waals surface area contributed by atoms with Crippen LogP contribution in [0.1, 0.15) is 16.2 Å². The van der Waals surface area contributed by atoms with Crippen LogP contribution in [0.5, 0.6) is 0 Å². The standard InChI is InChI=1S/C17H15N5O4/c18-16(24)15(23)12(8-10-4-3-7-26-10)22-17(25)14-13(20-9-21-14)11-5-1-2-6-19-11/h1-7,9,12H,8H2,(H2,18,24)(H,20,21)(H,22,25). The molecule has 26 heavy (non-hydrogen) atoms. The summed E-state index contributed by atoms with van der Waals surface area (Å²) in [6.07, 6.45) is 4.34. The van der Waals surface area contributed by atoms with Crippen LogP contribution in [0.2, 0.25) is 0 Å². The Morgan fingerprint density at radius 1 is 1.19 bits per heavy atom. The van der Waals surface area contributed by atoms with Crippen LogP contribution in [-0.2, 0) is 16.0 Å². The fraction of sp³-hybridized carbons (Fsp3) is 0.118. The van der Waals surface area contributed by atoms with Crippen molar-refractivity contribution >= 4 is 17.6 Å². The first-order valence-electron chi connectivity index (χ1n) is 7.68. The number of hydrogen-bond donors (Lipinski definition) is 3. The lowest BCUT2D eigenvalue weighted by Gasteiger charge is -2.15. The summed E-state index contributed by atoms with van der Waals surface area (Å²) in [5.41, 5.74) is 6.01. The Morgan fingerprint density at radius 2 is 2.04 bits per heavy atom. The fourth-order valence-electron chi connectivity index (χ4n) is 2.41. The zero-order valence-electron chi connectivity index (χ0n) is 13.5. The number of primary amides is 1. The molecule has 0 radical (unpaired) electrons. The minimum absolute atomic E-state index is 0.00638. The van der Waals surface area contributed by atoms with E-state index in [9.17, 15) is 14.4 Å². The third-order valence-corrected chi connectivity index (χ3v) is 3.62. The molecule has 3 aromatic rings. The first-order valence-corrected chi connectivity index (χ1v) is 7.68. The number of ketones is 1. The van der Waals surface area contributed by atoms with Gasteiger partial charge in [0.15, 0.2) is 0 Å². The van der Waals surface area contributed by atoms with Crippen molar-refractivity contribution in [3.63, 3.8) is 0 Å². The number of rotatable bonds is 7. The van der Waals surface area contributed by atoms with Gasteiger partial charge in [-0.05, 0) is 24.3 Å². The van der Waals surface area contributed by atoms with Gasteiger partial charge in [0, 0.05) is 12.6 Å². The van der Waals surface area contributed by atoms with E-state index in [1.807, 2.05) is 0 Å². The van der Waals surface area contributed by atoms with E-state index >= 15 is 0 Å². The second-order valence-electron chi connectivity index (χ2n) is 5.38. The minimum atomic E-state index is -1.16. The molecule has 0 saturated carbocycles. The summed E-state index contributed by atoms with van der Waals surface area (Å²) in [4.78, 5) is 46.9. The van der Waals surface area contributed by atoms with Crippen LogP contribution in [0.4, 0.5) is 0 Å². The second-order valence-corrected chi connectivity index (χ2v) is 5.38. The van der Waals surface area contributed by atoms with Crippen molar-refractivity contribution < 1.29 is 18.8 Å². The van der Waals surface area contributed by atoms with Crippen molar-refractivity contribution in [1.29, 1.82) is 0 Å². The summed E-state index contributed by atoms with van der Waals surface area (Å²) >= 11 is 0. The normalized spacial score (nSPS) is 11.7. The Kier molecular flexibility index (Phi) is 4.88. The molecule has 0 aliphatic carbocycles. The number of nitrogens with one attached hydrogen (secondary N) is 2. The first kappa shape index (κ1) is 17.1. The number of carbonyl (C=O) groups is 3. The molecule has 1 unspecified atom stereocenters. The highest BCUT2D eigenvalue weighted by Gasteiger charge is 2.28. The van der Waals surface area contributed by atoms with Crippen LogP contribution in [0, 0.1) is 0 Å². The molecule has 9 heteroatoms. The van der Waals surface area contributed by atoms with E-state index in [2.05, 4.69) is 20.3 Å². The molecule has 0 aliphatic rings. The van der Waals surface area contributed by atoms with Gasteiger partial charge in [-0.15, -0.1) is 0 Å². The van der Waals surface area contributed by atoms with Gasteiger partial charge in [0.2, 0.25) is 5.78 Å². The van der Waals surface area contributed by atoms with Crippen LogP contribution in [0.25, 0.3) is 11.4 Å². The molecule has 1 atom stereocenters. The minimum Gasteiger partial charge on any atom is -0.469 e. The number of furan rings is 1. The monoisotopic (exact) mass is 353 g/mol. The highest BCUT2D eigenvalue weighted by Crippen LogP contribution is 2.17. The summed E-state index contributed by atoms with van der Waals surface area (Å²) in [6, 6.07) is 7.29. The predicted molar refractivity (Wildman–Crippen MR) is 89.7 cm³/mol. The van der Waals surface area contributed by atoms with Crippen molar-refractivity contribution in [2.45, 2.75) is 12.5 Å². The Labute approximate surface area is 147 Å². The van der Waals surface area contributed by atoms with Gasteiger partial charge in [-0.1, -0.05) is 6.07 Å². The topological polar surface area (TPSA) is 144 Å². The van der Waals surface area contributed by atoms with E-state index in [4.69, 9.17) is 10.2 Å². The molecule has 0 saturated heterocycles. The third-order valence-electron chi connectivity index (χ3n) is 3.62. The number of nitrogens with zero attached hydrogens (tertiary/aromatic N) is 2. The van der Waals surface area contributed by atoms with Gasteiger partial charge in [0.1, 0.15) is 23.2 Å². The molecule has 3 rings (SSSR count). The number of carbonyl (C=O) groups excluding carboxylic acids is 3.